The van der Waals surface area contributed by atoms with Crippen molar-refractivity contribution in [1.82, 2.24) is 4.90 Å². The van der Waals surface area contributed by atoms with Crippen LogP contribution in [-0.2, 0) is 24.2 Å². The molecule has 2 aromatic rings. The minimum absolute atomic E-state index is 0.0220. The molecular formula is C27H31NO4. The minimum atomic E-state index is -0.156. The highest BCUT2D eigenvalue weighted by Gasteiger charge is 2.32. The van der Waals surface area contributed by atoms with Crippen LogP contribution in [0.3, 0.4) is 0 Å². The number of amides is 1. The average Bonchev–Trinajstić information content (AvgIpc) is 3.07. The first-order valence-corrected chi connectivity index (χ1v) is 10.9. The lowest BCUT2D eigenvalue weighted by Gasteiger charge is -2.15. The summed E-state index contributed by atoms with van der Waals surface area (Å²) in [5.74, 6) is 0.426. The van der Waals surface area contributed by atoms with E-state index in [0.717, 1.165) is 23.1 Å². The van der Waals surface area contributed by atoms with Crippen LogP contribution in [0.15, 0.2) is 59.7 Å². The fraction of sp³-hybridized carbons (Fsp3) is 0.333. The first kappa shape index (κ1) is 23.3. The lowest BCUT2D eigenvalue weighted by atomic mass is 9.99. The Morgan fingerprint density at radius 2 is 1.91 bits per heavy atom. The second-order valence-corrected chi connectivity index (χ2v) is 8.52. The van der Waals surface area contributed by atoms with Gasteiger partial charge in [-0.3, -0.25) is 9.59 Å². The molecule has 1 aliphatic rings. The number of rotatable bonds is 9. The molecule has 32 heavy (non-hydrogen) atoms. The zero-order chi connectivity index (χ0) is 23.3. The van der Waals surface area contributed by atoms with E-state index < -0.39 is 0 Å². The molecule has 0 aromatic heterocycles. The molecule has 168 valence electrons. The Bertz CT molecular complexity index is 1060. The van der Waals surface area contributed by atoms with Gasteiger partial charge in [0.05, 0.1) is 12.7 Å². The van der Waals surface area contributed by atoms with Crippen LogP contribution < -0.4 is 4.74 Å². The number of phenols is 1. The van der Waals surface area contributed by atoms with Crippen LogP contribution in [0.1, 0.15) is 54.2 Å². The maximum Gasteiger partial charge on any atom is 0.258 e. The number of fused-ring (bicyclic) bond motifs is 1. The zero-order valence-corrected chi connectivity index (χ0v) is 19.3. The van der Waals surface area contributed by atoms with Gasteiger partial charge < -0.3 is 14.7 Å². The van der Waals surface area contributed by atoms with Crippen molar-refractivity contribution in [2.45, 2.75) is 46.6 Å². The maximum absolute atomic E-state index is 13.0. The van der Waals surface area contributed by atoms with E-state index in [1.54, 1.807) is 18.1 Å². The number of benzene rings is 2. The molecule has 0 atom stereocenters. The van der Waals surface area contributed by atoms with Crippen molar-refractivity contribution < 1.29 is 19.4 Å². The number of ether oxygens (including phenoxy) is 1. The molecule has 0 saturated carbocycles. The van der Waals surface area contributed by atoms with Crippen molar-refractivity contribution in [3.63, 3.8) is 0 Å². The molecule has 0 spiro atoms. The Morgan fingerprint density at radius 1 is 1.19 bits per heavy atom. The highest BCUT2D eigenvalue weighted by molar-refractivity contribution is 6.01. The number of hydrogen-bond donors (Lipinski definition) is 1. The Kier molecular flexibility index (Phi) is 7.52. The van der Waals surface area contributed by atoms with Gasteiger partial charge in [-0.1, -0.05) is 47.6 Å². The van der Waals surface area contributed by atoms with Gasteiger partial charge in [-0.25, -0.2) is 0 Å². The summed E-state index contributed by atoms with van der Waals surface area (Å²) < 4.78 is 5.52. The topological polar surface area (TPSA) is 66.8 Å². The third-order valence-corrected chi connectivity index (χ3v) is 5.60. The van der Waals surface area contributed by atoms with E-state index >= 15 is 0 Å². The summed E-state index contributed by atoms with van der Waals surface area (Å²) in [5.41, 5.74) is 4.75. The molecule has 0 bridgehead atoms. The summed E-state index contributed by atoms with van der Waals surface area (Å²) in [4.78, 5) is 26.8. The molecule has 0 radical (unpaired) electrons. The molecule has 1 amide bonds. The van der Waals surface area contributed by atoms with Gasteiger partial charge in [0, 0.05) is 25.1 Å². The number of carbonyl (C=O) groups excluding carboxylic acids is 2. The van der Waals surface area contributed by atoms with Crippen molar-refractivity contribution in [2.24, 2.45) is 0 Å². The van der Waals surface area contributed by atoms with Crippen molar-refractivity contribution >= 4 is 11.7 Å². The number of methoxy groups -OCH3 is 1. The first-order chi connectivity index (χ1) is 15.3. The van der Waals surface area contributed by atoms with E-state index in [4.69, 9.17) is 4.74 Å². The summed E-state index contributed by atoms with van der Waals surface area (Å²) in [6.07, 6.45) is 5.01. The predicted molar refractivity (Wildman–Crippen MR) is 126 cm³/mol. The summed E-state index contributed by atoms with van der Waals surface area (Å²) in [7, 11) is 1.56. The molecule has 1 N–H and O–H groups in total. The van der Waals surface area contributed by atoms with Gasteiger partial charge in [-0.15, -0.1) is 0 Å². The van der Waals surface area contributed by atoms with E-state index in [0.29, 0.717) is 42.8 Å². The summed E-state index contributed by atoms with van der Waals surface area (Å²) >= 11 is 0. The van der Waals surface area contributed by atoms with E-state index in [2.05, 4.69) is 0 Å². The monoisotopic (exact) mass is 433 g/mol. The van der Waals surface area contributed by atoms with Gasteiger partial charge in [0.2, 0.25) is 0 Å². The van der Waals surface area contributed by atoms with Crippen molar-refractivity contribution in [2.75, 3.05) is 13.7 Å². The highest BCUT2D eigenvalue weighted by Crippen LogP contribution is 2.39. The van der Waals surface area contributed by atoms with Gasteiger partial charge in [0.1, 0.15) is 11.5 Å². The fourth-order valence-electron chi connectivity index (χ4n) is 4.00. The fourth-order valence-corrected chi connectivity index (χ4v) is 4.00. The summed E-state index contributed by atoms with van der Waals surface area (Å²) in [6, 6.07) is 11.9. The third-order valence-electron chi connectivity index (χ3n) is 5.60. The van der Waals surface area contributed by atoms with Crippen LogP contribution >= 0.6 is 0 Å². The second kappa shape index (κ2) is 10.3. The SMILES string of the molecule is COc1cc2c(c(O)c1CC=C(C)CC(=O)C=C(C)C)C(=O)N(CCc1ccccc1)C2. The molecule has 5 heteroatoms. The Hall–Kier alpha value is -3.34. The van der Waals surface area contributed by atoms with Crippen LogP contribution in [0.4, 0.5) is 0 Å². The van der Waals surface area contributed by atoms with Gasteiger partial charge in [0.25, 0.3) is 5.91 Å². The van der Waals surface area contributed by atoms with Crippen LogP contribution in [0.25, 0.3) is 0 Å². The summed E-state index contributed by atoms with van der Waals surface area (Å²) in [6.45, 7) is 6.72. The van der Waals surface area contributed by atoms with Crippen LogP contribution in [0.2, 0.25) is 0 Å². The molecule has 0 aliphatic carbocycles. The molecule has 3 rings (SSSR count). The molecule has 1 aliphatic heterocycles. The lowest BCUT2D eigenvalue weighted by Crippen LogP contribution is -2.26. The van der Waals surface area contributed by atoms with Crippen molar-refractivity contribution in [1.29, 1.82) is 0 Å². The Balaban J connectivity index is 1.78. The second-order valence-electron chi connectivity index (χ2n) is 8.52. The van der Waals surface area contributed by atoms with Gasteiger partial charge in [-0.2, -0.15) is 0 Å². The van der Waals surface area contributed by atoms with Crippen molar-refractivity contribution in [3.8, 4) is 11.5 Å². The largest absolute Gasteiger partial charge is 0.507 e. The zero-order valence-electron chi connectivity index (χ0n) is 19.3. The molecule has 0 fully saturated rings. The number of nitrogens with zero attached hydrogens (tertiary/aromatic N) is 1. The quantitative estimate of drug-likeness (QED) is 0.446. The molecule has 0 saturated heterocycles. The number of aromatic hydroxyl groups is 1. The summed E-state index contributed by atoms with van der Waals surface area (Å²) in [5, 5.41) is 11.0. The number of hydrogen-bond acceptors (Lipinski definition) is 4. The van der Waals surface area contributed by atoms with E-state index in [1.807, 2.05) is 63.2 Å². The Morgan fingerprint density at radius 3 is 2.56 bits per heavy atom. The van der Waals surface area contributed by atoms with E-state index in [9.17, 15) is 14.7 Å². The number of carbonyl (C=O) groups is 2. The lowest BCUT2D eigenvalue weighted by molar-refractivity contribution is -0.114. The number of phenolic OH excluding ortho intramolecular Hbond substituents is 1. The van der Waals surface area contributed by atoms with Crippen LogP contribution in [0.5, 0.6) is 11.5 Å². The van der Waals surface area contributed by atoms with Gasteiger partial charge >= 0.3 is 0 Å². The number of allylic oxidation sites excluding steroid dienone is 4. The van der Waals surface area contributed by atoms with E-state index in [-0.39, 0.29) is 17.4 Å². The van der Waals surface area contributed by atoms with Crippen LogP contribution in [-0.4, -0.2) is 35.4 Å². The number of ketones is 1. The normalized spacial score (nSPS) is 13.2. The van der Waals surface area contributed by atoms with E-state index in [1.165, 1.54) is 5.56 Å². The minimum Gasteiger partial charge on any atom is -0.507 e. The average molecular weight is 434 g/mol. The molecule has 0 unspecified atom stereocenters. The predicted octanol–water partition coefficient (Wildman–Crippen LogP) is 5.01. The van der Waals surface area contributed by atoms with Crippen molar-refractivity contribution in [3.05, 3.63) is 82.0 Å². The molecule has 1 heterocycles. The van der Waals surface area contributed by atoms with Crippen LogP contribution in [0, 0.1) is 0 Å². The Labute approximate surface area is 190 Å². The molecular weight excluding hydrogens is 402 g/mol. The smallest absolute Gasteiger partial charge is 0.258 e. The van der Waals surface area contributed by atoms with Gasteiger partial charge in [-0.05, 0) is 56.9 Å². The highest BCUT2D eigenvalue weighted by atomic mass is 16.5. The standard InChI is InChI=1S/C27H31NO4/c1-18(2)14-22(29)15-19(3)10-11-23-24(32-4)16-21-17-28(27(31)25(21)26(23)30)13-12-20-8-6-5-7-9-20/h5-10,14,16,30H,11-13,15,17H2,1-4H3. The molecule has 5 nitrogen and oxygen atoms in total. The van der Waals surface area contributed by atoms with Gasteiger partial charge in [0.15, 0.2) is 5.78 Å². The maximum atomic E-state index is 13.0. The first-order valence-electron chi connectivity index (χ1n) is 10.9. The molecule has 2 aromatic carbocycles. The third kappa shape index (κ3) is 5.47.